The van der Waals surface area contributed by atoms with E-state index in [9.17, 15) is 0 Å². The van der Waals surface area contributed by atoms with Gasteiger partial charge in [0.2, 0.25) is 0 Å². The number of anilines is 1. The summed E-state index contributed by atoms with van der Waals surface area (Å²) in [6.45, 7) is 7.80. The van der Waals surface area contributed by atoms with Crippen LogP contribution < -0.4 is 5.32 Å². The SMILES string of the molecule is CC1=NC2=C(OCCC2)C([C@H](C)CNc2cc(-c3ccc(C)nc3)ncn2)C=C1. The molecule has 0 saturated heterocycles. The third-order valence-corrected chi connectivity index (χ3v) is 5.35. The summed E-state index contributed by atoms with van der Waals surface area (Å²) in [6.07, 6.45) is 9.79. The fourth-order valence-electron chi connectivity index (χ4n) is 3.68. The molecule has 0 aliphatic carbocycles. The molecule has 2 aliphatic rings. The summed E-state index contributed by atoms with van der Waals surface area (Å²) in [7, 11) is 0. The predicted octanol–water partition coefficient (Wildman–Crippen LogP) is 4.56. The Kier molecular flexibility index (Phi) is 5.69. The lowest BCUT2D eigenvalue weighted by atomic mass is 9.89. The molecule has 1 unspecified atom stereocenters. The Hall–Kier alpha value is -3.02. The molecule has 2 aromatic rings. The van der Waals surface area contributed by atoms with E-state index in [0.717, 1.165) is 65.9 Å². The summed E-state index contributed by atoms with van der Waals surface area (Å²) >= 11 is 0. The van der Waals surface area contributed by atoms with Crippen molar-refractivity contribution in [3.05, 3.63) is 60.0 Å². The van der Waals surface area contributed by atoms with Crippen LogP contribution in [0.15, 0.2) is 59.3 Å². The van der Waals surface area contributed by atoms with Gasteiger partial charge in [0.15, 0.2) is 0 Å². The molecule has 6 heteroatoms. The third-order valence-electron chi connectivity index (χ3n) is 5.35. The first-order valence-electron chi connectivity index (χ1n) is 10.2. The molecular weight excluding hydrogens is 362 g/mol. The number of ether oxygens (including phenoxy) is 1. The fourth-order valence-corrected chi connectivity index (χ4v) is 3.68. The molecule has 29 heavy (non-hydrogen) atoms. The molecule has 0 spiro atoms. The van der Waals surface area contributed by atoms with Crippen LogP contribution in [0.2, 0.25) is 0 Å². The highest BCUT2D eigenvalue weighted by Crippen LogP contribution is 2.33. The van der Waals surface area contributed by atoms with E-state index in [4.69, 9.17) is 9.73 Å². The molecule has 0 radical (unpaired) electrons. The van der Waals surface area contributed by atoms with Crippen molar-refractivity contribution in [2.75, 3.05) is 18.5 Å². The number of rotatable bonds is 5. The van der Waals surface area contributed by atoms with Crippen molar-refractivity contribution in [2.24, 2.45) is 16.8 Å². The van der Waals surface area contributed by atoms with Gasteiger partial charge in [-0.05, 0) is 50.8 Å². The molecular formula is C23H27N5O. The van der Waals surface area contributed by atoms with Crippen molar-refractivity contribution in [3.63, 3.8) is 0 Å². The van der Waals surface area contributed by atoms with Crippen LogP contribution in [0.4, 0.5) is 5.82 Å². The monoisotopic (exact) mass is 389 g/mol. The Morgan fingerprint density at radius 1 is 1.21 bits per heavy atom. The van der Waals surface area contributed by atoms with E-state index in [1.54, 1.807) is 6.33 Å². The Labute approximate surface area is 171 Å². The summed E-state index contributed by atoms with van der Waals surface area (Å²) in [5, 5.41) is 3.47. The number of hydrogen-bond donors (Lipinski definition) is 1. The minimum Gasteiger partial charge on any atom is -0.495 e. The van der Waals surface area contributed by atoms with Crippen molar-refractivity contribution in [1.29, 1.82) is 0 Å². The maximum Gasteiger partial charge on any atom is 0.129 e. The first-order valence-corrected chi connectivity index (χ1v) is 10.2. The van der Waals surface area contributed by atoms with E-state index >= 15 is 0 Å². The van der Waals surface area contributed by atoms with E-state index in [0.29, 0.717) is 5.92 Å². The Bertz CT molecular complexity index is 961. The van der Waals surface area contributed by atoms with Gasteiger partial charge in [-0.3, -0.25) is 9.98 Å². The van der Waals surface area contributed by atoms with Crippen molar-refractivity contribution in [1.82, 2.24) is 15.0 Å². The number of nitrogens with one attached hydrogen (secondary N) is 1. The number of aromatic nitrogens is 3. The van der Waals surface area contributed by atoms with Gasteiger partial charge in [-0.25, -0.2) is 9.97 Å². The molecule has 4 heterocycles. The smallest absolute Gasteiger partial charge is 0.129 e. The van der Waals surface area contributed by atoms with Crippen LogP contribution in [0.25, 0.3) is 11.3 Å². The average molecular weight is 390 g/mol. The fraction of sp³-hybridized carbons (Fsp3) is 0.391. The molecule has 0 amide bonds. The van der Waals surface area contributed by atoms with Crippen LogP contribution >= 0.6 is 0 Å². The van der Waals surface area contributed by atoms with Crippen molar-refractivity contribution in [3.8, 4) is 11.3 Å². The zero-order chi connectivity index (χ0) is 20.2. The molecule has 1 N–H and O–H groups in total. The van der Waals surface area contributed by atoms with Gasteiger partial charge < -0.3 is 10.1 Å². The van der Waals surface area contributed by atoms with E-state index in [2.05, 4.69) is 39.3 Å². The third kappa shape index (κ3) is 4.53. The lowest BCUT2D eigenvalue weighted by Crippen LogP contribution is -2.24. The van der Waals surface area contributed by atoms with Crippen molar-refractivity contribution in [2.45, 2.75) is 33.6 Å². The van der Waals surface area contributed by atoms with Gasteiger partial charge in [0, 0.05) is 41.7 Å². The summed E-state index contributed by atoms with van der Waals surface area (Å²) in [6, 6.07) is 5.99. The van der Waals surface area contributed by atoms with Gasteiger partial charge in [-0.15, -0.1) is 0 Å². The minimum atomic E-state index is 0.210. The standard InChI is InChI=1S/C23H27N5O/c1-15(19-9-7-17(3)28-20-5-4-10-29-23(19)20)12-25-22-11-21(26-14-27-22)18-8-6-16(2)24-13-18/h6-9,11,13-15,19H,4-5,10,12H2,1-3H3,(H,25,26,27)/t15-,19?/m1/s1. The second-order valence-corrected chi connectivity index (χ2v) is 7.74. The predicted molar refractivity (Wildman–Crippen MR) is 116 cm³/mol. The van der Waals surface area contributed by atoms with E-state index in [1.807, 2.05) is 38.2 Å². The zero-order valence-corrected chi connectivity index (χ0v) is 17.2. The number of pyridine rings is 1. The van der Waals surface area contributed by atoms with Gasteiger partial charge in [-0.1, -0.05) is 13.0 Å². The topological polar surface area (TPSA) is 72.3 Å². The normalized spacial score (nSPS) is 19.7. The molecule has 0 bridgehead atoms. The first-order chi connectivity index (χ1) is 14.1. The molecule has 6 nitrogen and oxygen atoms in total. The molecule has 2 atom stereocenters. The van der Waals surface area contributed by atoms with E-state index in [1.165, 1.54) is 0 Å². The summed E-state index contributed by atoms with van der Waals surface area (Å²) in [5.74, 6) is 2.38. The van der Waals surface area contributed by atoms with Crippen LogP contribution in [-0.4, -0.2) is 33.8 Å². The van der Waals surface area contributed by atoms with Crippen LogP contribution in [-0.2, 0) is 4.74 Å². The molecule has 0 saturated carbocycles. The van der Waals surface area contributed by atoms with Gasteiger partial charge in [0.05, 0.1) is 18.0 Å². The highest BCUT2D eigenvalue weighted by molar-refractivity contribution is 5.94. The molecule has 150 valence electrons. The molecule has 0 aromatic carbocycles. The molecule has 2 aliphatic heterocycles. The van der Waals surface area contributed by atoms with Crippen molar-refractivity contribution < 1.29 is 4.74 Å². The maximum atomic E-state index is 6.04. The first kappa shape index (κ1) is 19.3. The second kappa shape index (κ2) is 8.55. The average Bonchev–Trinajstić information content (AvgIpc) is 2.91. The highest BCUT2D eigenvalue weighted by Gasteiger charge is 2.27. The van der Waals surface area contributed by atoms with Crippen molar-refractivity contribution >= 4 is 11.5 Å². The second-order valence-electron chi connectivity index (χ2n) is 7.74. The summed E-state index contributed by atoms with van der Waals surface area (Å²) < 4.78 is 6.04. The number of hydrogen-bond acceptors (Lipinski definition) is 6. The number of aliphatic imine (C=N–C) groups is 1. The zero-order valence-electron chi connectivity index (χ0n) is 17.2. The number of aryl methyl sites for hydroxylation is 1. The number of nitrogens with zero attached hydrogens (tertiary/aromatic N) is 4. The van der Waals surface area contributed by atoms with Crippen LogP contribution in [0.1, 0.15) is 32.4 Å². The summed E-state index contributed by atoms with van der Waals surface area (Å²) in [5.41, 5.74) is 4.98. The van der Waals surface area contributed by atoms with Crippen LogP contribution in [0.3, 0.4) is 0 Å². The quantitative estimate of drug-likeness (QED) is 0.811. The highest BCUT2D eigenvalue weighted by atomic mass is 16.5. The lowest BCUT2D eigenvalue weighted by Gasteiger charge is -2.27. The Morgan fingerprint density at radius 3 is 2.93 bits per heavy atom. The van der Waals surface area contributed by atoms with Gasteiger partial charge in [-0.2, -0.15) is 0 Å². The number of allylic oxidation sites excluding steroid dienone is 3. The minimum absolute atomic E-state index is 0.210. The molecule has 2 aromatic heterocycles. The maximum absolute atomic E-state index is 6.04. The van der Waals surface area contributed by atoms with E-state index in [-0.39, 0.29) is 5.92 Å². The molecule has 4 rings (SSSR count). The Morgan fingerprint density at radius 2 is 2.10 bits per heavy atom. The van der Waals surface area contributed by atoms with Gasteiger partial charge in [0.25, 0.3) is 0 Å². The van der Waals surface area contributed by atoms with E-state index < -0.39 is 0 Å². The van der Waals surface area contributed by atoms with Crippen LogP contribution in [0.5, 0.6) is 0 Å². The van der Waals surface area contributed by atoms with Gasteiger partial charge in [0.1, 0.15) is 17.9 Å². The largest absolute Gasteiger partial charge is 0.495 e. The van der Waals surface area contributed by atoms with Crippen LogP contribution in [0, 0.1) is 18.8 Å². The van der Waals surface area contributed by atoms with Gasteiger partial charge >= 0.3 is 0 Å². The molecule has 0 fully saturated rings. The summed E-state index contributed by atoms with van der Waals surface area (Å²) in [4.78, 5) is 17.9. The Balaban J connectivity index is 1.47. The lowest BCUT2D eigenvalue weighted by molar-refractivity contribution is 0.151.